The molecule has 3 heterocycles. The Morgan fingerprint density at radius 2 is 1.74 bits per heavy atom. The normalized spacial score (nSPS) is 11.4. The quantitative estimate of drug-likeness (QED) is 0.0774. The molecule has 0 fully saturated rings. The molecule has 6 rings (SSSR count). The van der Waals surface area contributed by atoms with E-state index in [4.69, 9.17) is 38.0 Å². The second-order valence-electron chi connectivity index (χ2n) is 12.9. The number of likely N-dealkylation sites (N-methyl/N-ethyl adjacent to an activating group) is 1. The van der Waals surface area contributed by atoms with Crippen LogP contribution >= 0.6 is 23.2 Å². The smallest absolute Gasteiger partial charge is 0.166 e. The highest BCUT2D eigenvalue weighted by Crippen LogP contribution is 2.42. The number of halogens is 2. The summed E-state index contributed by atoms with van der Waals surface area (Å²) < 4.78 is 10.1. The van der Waals surface area contributed by atoms with Crippen LogP contribution in [-0.2, 0) is 20.0 Å². The lowest BCUT2D eigenvalue weighted by molar-refractivity contribution is 0.111. The Labute approximate surface area is 302 Å². The van der Waals surface area contributed by atoms with Crippen LogP contribution in [0.5, 0.6) is 5.75 Å². The molecule has 10 heteroatoms. The molecule has 0 saturated carbocycles. The van der Waals surface area contributed by atoms with Gasteiger partial charge < -0.3 is 19.3 Å². The molecular formula is C40H41Cl2N5O3. The zero-order valence-corrected chi connectivity index (χ0v) is 30.8. The molecule has 0 spiro atoms. The average Bonchev–Trinajstić information content (AvgIpc) is 3.53. The molecule has 6 aromatic rings. The third kappa shape index (κ3) is 6.45. The third-order valence-corrected chi connectivity index (χ3v) is 10.5. The minimum atomic E-state index is 0.0191. The molecular weight excluding hydrogens is 669 g/mol. The van der Waals surface area contributed by atoms with Crippen molar-refractivity contribution in [2.75, 3.05) is 25.1 Å². The van der Waals surface area contributed by atoms with Crippen molar-refractivity contribution in [3.63, 3.8) is 0 Å². The number of fused-ring (bicyclic) bond motifs is 2. The molecule has 1 N–H and O–H groups in total. The summed E-state index contributed by atoms with van der Waals surface area (Å²) in [4.78, 5) is 19.9. The molecule has 0 amide bonds. The first-order chi connectivity index (χ1) is 23.9. The first-order valence-corrected chi connectivity index (χ1v) is 17.3. The second-order valence-corrected chi connectivity index (χ2v) is 13.7. The molecule has 3 aromatic heterocycles. The number of pyridine rings is 1. The maximum atomic E-state index is 13.1. The number of hydrogen-bond acceptors (Lipinski definition) is 6. The number of aldehydes is 1. The van der Waals surface area contributed by atoms with E-state index in [0.717, 1.165) is 83.8 Å². The van der Waals surface area contributed by atoms with Crippen molar-refractivity contribution >= 4 is 62.7 Å². The van der Waals surface area contributed by atoms with Crippen LogP contribution in [0.3, 0.4) is 0 Å². The van der Waals surface area contributed by atoms with Crippen molar-refractivity contribution in [2.45, 2.75) is 47.1 Å². The van der Waals surface area contributed by atoms with Gasteiger partial charge in [0.05, 0.1) is 28.5 Å². The molecule has 8 nitrogen and oxygen atoms in total. The largest absolute Gasteiger partial charge is 0.508 e. The van der Waals surface area contributed by atoms with E-state index in [1.54, 1.807) is 6.20 Å². The van der Waals surface area contributed by atoms with Crippen molar-refractivity contribution in [2.24, 2.45) is 7.05 Å². The number of hydrogen-bond donors (Lipinski definition) is 1. The van der Waals surface area contributed by atoms with E-state index in [1.807, 2.05) is 95.0 Å². The number of anilines is 1. The molecule has 0 aliphatic heterocycles. The van der Waals surface area contributed by atoms with E-state index in [0.29, 0.717) is 48.8 Å². The Kier molecular flexibility index (Phi) is 9.96. The summed E-state index contributed by atoms with van der Waals surface area (Å²) in [6.45, 7) is 13.2. The van der Waals surface area contributed by atoms with Crippen molar-refractivity contribution in [3.05, 3.63) is 111 Å². The second kappa shape index (κ2) is 14.2. The number of aryl methyl sites for hydroxylation is 5. The number of rotatable bonds is 12. The van der Waals surface area contributed by atoms with Crippen LogP contribution in [0.15, 0.2) is 61.3 Å². The summed E-state index contributed by atoms with van der Waals surface area (Å²) in [7, 11) is 3.92. The van der Waals surface area contributed by atoms with Crippen LogP contribution in [-0.4, -0.2) is 50.9 Å². The predicted octanol–water partition coefficient (Wildman–Crippen LogP) is 9.62. The first-order valence-electron chi connectivity index (χ1n) is 16.6. The van der Waals surface area contributed by atoms with Gasteiger partial charge in [0.1, 0.15) is 17.3 Å². The van der Waals surface area contributed by atoms with E-state index in [1.165, 1.54) is 0 Å². The summed E-state index contributed by atoms with van der Waals surface area (Å²) in [6.07, 6.45) is 4.06. The fourth-order valence-electron chi connectivity index (χ4n) is 6.94. The number of aromatic nitrogens is 4. The van der Waals surface area contributed by atoms with Crippen LogP contribution < -0.4 is 9.64 Å². The van der Waals surface area contributed by atoms with Gasteiger partial charge in [0.25, 0.3) is 0 Å². The highest BCUT2D eigenvalue weighted by molar-refractivity contribution is 6.35. The zero-order valence-electron chi connectivity index (χ0n) is 29.3. The number of carbonyl (C=O) groups excluding carboxylic acids is 1. The fourth-order valence-corrected chi connectivity index (χ4v) is 7.30. The fraction of sp³-hybridized carbons (Fsp3) is 0.275. The minimum Gasteiger partial charge on any atom is -0.508 e. The van der Waals surface area contributed by atoms with Crippen LogP contribution in [0, 0.1) is 27.7 Å². The summed E-state index contributed by atoms with van der Waals surface area (Å²) in [5.74, 6) is 1.59. The molecule has 0 atom stereocenters. The number of benzene rings is 3. The number of carbonyl (C=O) groups is 1. The lowest BCUT2D eigenvalue weighted by atomic mass is 9.98. The van der Waals surface area contributed by atoms with Crippen molar-refractivity contribution in [1.82, 2.24) is 19.3 Å². The van der Waals surface area contributed by atoms with E-state index in [2.05, 4.69) is 16.0 Å². The lowest BCUT2D eigenvalue weighted by Gasteiger charge is -2.22. The first kappa shape index (κ1) is 35.1. The highest BCUT2D eigenvalue weighted by Gasteiger charge is 2.25. The molecule has 0 unspecified atom stereocenters. The Balaban J connectivity index is 1.39. The van der Waals surface area contributed by atoms with Crippen LogP contribution in [0.25, 0.3) is 38.6 Å². The summed E-state index contributed by atoms with van der Waals surface area (Å²) >= 11 is 13.4. The lowest BCUT2D eigenvalue weighted by Crippen LogP contribution is -2.24. The Morgan fingerprint density at radius 1 is 1.02 bits per heavy atom. The number of aliphatic hydroxyl groups is 1. The molecule has 0 aliphatic rings. The van der Waals surface area contributed by atoms with Gasteiger partial charge in [-0.25, -0.2) is 4.98 Å². The molecule has 0 radical (unpaired) electrons. The Bertz CT molecular complexity index is 2260. The van der Waals surface area contributed by atoms with Crippen LogP contribution in [0.1, 0.15) is 50.6 Å². The highest BCUT2D eigenvalue weighted by atomic mass is 35.5. The molecule has 258 valence electrons. The average molecular weight is 711 g/mol. The SMILES string of the molecule is C=C(O)c1ccc2c(N(C)CCn3c(C=O)c(CCCOc4cc(C)c(Cl)c(C)c4)c4ccc(Cl)c(-c5c(C)nn(C)c5C)c43)nccc2c1. The molecule has 3 aromatic carbocycles. The van der Waals surface area contributed by atoms with Gasteiger partial charge in [0.2, 0.25) is 0 Å². The summed E-state index contributed by atoms with van der Waals surface area (Å²) in [5.41, 5.74) is 8.78. The van der Waals surface area contributed by atoms with Gasteiger partial charge in [0, 0.05) is 71.6 Å². The van der Waals surface area contributed by atoms with Crippen molar-refractivity contribution in [3.8, 4) is 16.9 Å². The topological polar surface area (TPSA) is 85.4 Å². The summed E-state index contributed by atoms with van der Waals surface area (Å²) in [5, 5.41) is 18.9. The van der Waals surface area contributed by atoms with Crippen molar-refractivity contribution in [1.29, 1.82) is 0 Å². The Morgan fingerprint density at radius 3 is 2.40 bits per heavy atom. The van der Waals surface area contributed by atoms with Gasteiger partial charge in [-0.15, -0.1) is 0 Å². The minimum absolute atomic E-state index is 0.0191. The monoisotopic (exact) mass is 709 g/mol. The zero-order chi connectivity index (χ0) is 35.9. The molecule has 50 heavy (non-hydrogen) atoms. The molecule has 0 aliphatic carbocycles. The third-order valence-electron chi connectivity index (χ3n) is 9.54. The van der Waals surface area contributed by atoms with Gasteiger partial charge in [-0.05, 0) is 99.0 Å². The number of ether oxygens (including phenoxy) is 1. The Hall–Kier alpha value is -4.79. The predicted molar refractivity (Wildman–Crippen MR) is 205 cm³/mol. The number of aliphatic hydroxyl groups excluding tert-OH is 1. The van der Waals surface area contributed by atoms with E-state index >= 15 is 0 Å². The van der Waals surface area contributed by atoms with E-state index in [9.17, 15) is 9.90 Å². The van der Waals surface area contributed by atoms with Crippen LogP contribution in [0.4, 0.5) is 5.82 Å². The van der Waals surface area contributed by atoms with Gasteiger partial charge in [-0.1, -0.05) is 41.9 Å². The van der Waals surface area contributed by atoms with Gasteiger partial charge in [-0.3, -0.25) is 9.48 Å². The number of nitrogens with zero attached hydrogens (tertiary/aromatic N) is 5. The maximum Gasteiger partial charge on any atom is 0.166 e. The molecule has 0 saturated heterocycles. The van der Waals surface area contributed by atoms with Gasteiger partial charge in [-0.2, -0.15) is 5.10 Å². The van der Waals surface area contributed by atoms with Crippen molar-refractivity contribution < 1.29 is 14.6 Å². The summed E-state index contributed by atoms with van der Waals surface area (Å²) in [6, 6.07) is 15.5. The van der Waals surface area contributed by atoms with E-state index < -0.39 is 0 Å². The van der Waals surface area contributed by atoms with E-state index in [-0.39, 0.29) is 5.76 Å². The maximum absolute atomic E-state index is 13.1. The van der Waals surface area contributed by atoms with Gasteiger partial charge >= 0.3 is 0 Å². The van der Waals surface area contributed by atoms with Gasteiger partial charge in [0.15, 0.2) is 6.29 Å². The van der Waals surface area contributed by atoms with Crippen LogP contribution in [0.2, 0.25) is 10.0 Å². The standard InChI is InChI=1S/C40H41Cl2N5O3/c1-23-19-30(20-24(2)38(23)42)50-18-8-9-32-33-12-13-34(41)37(36-25(3)44-46(7)26(36)4)39(33)47(35(32)22-48)17-16-45(6)40-31-11-10-28(27(5)49)21-29(31)14-15-43-40/h10-15,19-22,49H,5,8-9,16-18H2,1-4,6-7H3. The molecule has 0 bridgehead atoms.